The van der Waals surface area contributed by atoms with Crippen LogP contribution >= 0.6 is 0 Å². The Kier molecular flexibility index (Phi) is 4.13. The van der Waals surface area contributed by atoms with Gasteiger partial charge in [-0.25, -0.2) is 8.78 Å². The Morgan fingerprint density at radius 3 is 2.48 bits per heavy atom. The van der Waals surface area contributed by atoms with E-state index in [1.165, 1.54) is 18.2 Å². The van der Waals surface area contributed by atoms with E-state index in [4.69, 9.17) is 4.98 Å². The molecule has 1 N–H and O–H groups in total. The fraction of sp³-hybridized carbons (Fsp3) is 0.308. The second-order valence-corrected chi connectivity index (χ2v) is 9.67. The van der Waals surface area contributed by atoms with Gasteiger partial charge in [-0.05, 0) is 67.0 Å². The summed E-state index contributed by atoms with van der Waals surface area (Å²) in [4.78, 5) is 5.08. The van der Waals surface area contributed by atoms with Gasteiger partial charge >= 0.3 is 0 Å². The van der Waals surface area contributed by atoms with Crippen LogP contribution in [0.3, 0.4) is 0 Å². The van der Waals surface area contributed by atoms with Crippen molar-refractivity contribution in [3.8, 4) is 22.5 Å². The summed E-state index contributed by atoms with van der Waals surface area (Å²) in [5.41, 5.74) is 5.15. The number of rotatable bonds is 3. The molecular formula is C26H23F2N5. The van der Waals surface area contributed by atoms with Crippen LogP contribution in [0.1, 0.15) is 55.3 Å². The molecule has 4 aromatic rings. The maximum absolute atomic E-state index is 14.5. The minimum atomic E-state index is -0.633. The number of pyridine rings is 1. The third-order valence-electron chi connectivity index (χ3n) is 7.89. The van der Waals surface area contributed by atoms with E-state index < -0.39 is 17.0 Å². The highest BCUT2D eigenvalue weighted by atomic mass is 19.1. The van der Waals surface area contributed by atoms with Crippen molar-refractivity contribution in [1.82, 2.24) is 25.4 Å². The summed E-state index contributed by atoms with van der Waals surface area (Å²) in [5.74, 6) is -1.06. The standard InChI is InChI=1S/C26H23F2N5/c1-14-16(13-29-31-14)20-8-5-9-22(30-20)26-11-10-17(25(26,2)3)15-12-21(32-33-24(15)26)23-18(27)6-4-7-19(23)28/h4-9,12-13,17H,10-11H2,1-3H3,(H,29,31)/t17-,26+/m0/s1. The molecule has 0 spiro atoms. The minimum Gasteiger partial charge on any atom is -0.282 e. The van der Waals surface area contributed by atoms with Crippen LogP contribution in [0.4, 0.5) is 8.78 Å². The molecular weight excluding hydrogens is 420 g/mol. The number of halogens is 2. The number of hydrogen-bond donors (Lipinski definition) is 1. The Balaban J connectivity index is 1.54. The van der Waals surface area contributed by atoms with Crippen LogP contribution in [0.25, 0.3) is 22.5 Å². The fourth-order valence-corrected chi connectivity index (χ4v) is 6.19. The molecule has 1 saturated carbocycles. The van der Waals surface area contributed by atoms with Gasteiger partial charge in [0.05, 0.1) is 40.0 Å². The van der Waals surface area contributed by atoms with Gasteiger partial charge in [0, 0.05) is 11.3 Å². The van der Waals surface area contributed by atoms with Crippen molar-refractivity contribution in [3.05, 3.63) is 82.9 Å². The lowest BCUT2D eigenvalue weighted by atomic mass is 9.66. The maximum Gasteiger partial charge on any atom is 0.135 e. The van der Waals surface area contributed by atoms with Crippen molar-refractivity contribution in [3.63, 3.8) is 0 Å². The zero-order valence-corrected chi connectivity index (χ0v) is 18.7. The van der Waals surface area contributed by atoms with E-state index >= 15 is 0 Å². The molecule has 3 heterocycles. The Labute approximate surface area is 190 Å². The predicted molar refractivity (Wildman–Crippen MR) is 120 cm³/mol. The fourth-order valence-electron chi connectivity index (χ4n) is 6.19. The highest BCUT2D eigenvalue weighted by molar-refractivity contribution is 5.65. The Morgan fingerprint density at radius 1 is 1.00 bits per heavy atom. The van der Waals surface area contributed by atoms with Gasteiger partial charge in [0.2, 0.25) is 0 Å². The Hall–Kier alpha value is -3.48. The molecule has 1 fully saturated rings. The lowest BCUT2D eigenvalue weighted by Gasteiger charge is -2.37. The quantitative estimate of drug-likeness (QED) is 0.440. The smallest absolute Gasteiger partial charge is 0.135 e. The molecule has 5 nitrogen and oxygen atoms in total. The van der Waals surface area contributed by atoms with E-state index in [1.807, 2.05) is 25.1 Å². The van der Waals surface area contributed by atoms with Gasteiger partial charge in [-0.3, -0.25) is 10.1 Å². The van der Waals surface area contributed by atoms with Crippen molar-refractivity contribution in [2.75, 3.05) is 0 Å². The number of aromatic nitrogens is 5. The molecule has 0 aliphatic heterocycles. The molecule has 0 amide bonds. The number of H-pyrrole nitrogens is 1. The van der Waals surface area contributed by atoms with Gasteiger partial charge in [0.25, 0.3) is 0 Å². The number of nitrogens with zero attached hydrogens (tertiary/aromatic N) is 4. The van der Waals surface area contributed by atoms with Crippen LogP contribution in [0, 0.1) is 24.0 Å². The van der Waals surface area contributed by atoms with Crippen molar-refractivity contribution in [2.24, 2.45) is 5.41 Å². The van der Waals surface area contributed by atoms with Gasteiger partial charge in [0.1, 0.15) is 11.6 Å². The van der Waals surface area contributed by atoms with Crippen LogP contribution < -0.4 is 0 Å². The van der Waals surface area contributed by atoms with E-state index in [1.54, 1.807) is 6.20 Å². The van der Waals surface area contributed by atoms with Gasteiger partial charge in [0.15, 0.2) is 0 Å². The summed E-state index contributed by atoms with van der Waals surface area (Å²) in [6.45, 7) is 6.46. The van der Waals surface area contributed by atoms with Gasteiger partial charge in [-0.15, -0.1) is 5.10 Å². The average Bonchev–Trinajstić information content (AvgIpc) is 3.40. The molecule has 2 aliphatic carbocycles. The number of hydrogen-bond acceptors (Lipinski definition) is 4. The zero-order valence-electron chi connectivity index (χ0n) is 18.7. The molecule has 2 bridgehead atoms. The first-order chi connectivity index (χ1) is 15.8. The van der Waals surface area contributed by atoms with Crippen LogP contribution in [-0.4, -0.2) is 25.4 Å². The topological polar surface area (TPSA) is 67.3 Å². The largest absolute Gasteiger partial charge is 0.282 e. The van der Waals surface area contributed by atoms with Gasteiger partial charge in [-0.1, -0.05) is 26.0 Å². The molecule has 33 heavy (non-hydrogen) atoms. The van der Waals surface area contributed by atoms with Crippen LogP contribution in [0.5, 0.6) is 0 Å². The molecule has 0 unspecified atom stereocenters. The molecule has 166 valence electrons. The van der Waals surface area contributed by atoms with Crippen molar-refractivity contribution in [1.29, 1.82) is 0 Å². The van der Waals surface area contributed by atoms with Crippen molar-refractivity contribution in [2.45, 2.75) is 44.9 Å². The van der Waals surface area contributed by atoms with Gasteiger partial charge in [-0.2, -0.15) is 10.2 Å². The third-order valence-corrected chi connectivity index (χ3v) is 7.89. The van der Waals surface area contributed by atoms with E-state index in [0.29, 0.717) is 0 Å². The SMILES string of the molecule is Cc1[nH]ncc1-c1cccc([C@]23CC[C@@H](c4cc(-c5c(F)cccc5F)nnc42)C3(C)C)n1. The Morgan fingerprint density at radius 2 is 1.76 bits per heavy atom. The van der Waals surface area contributed by atoms with Crippen molar-refractivity contribution < 1.29 is 8.78 Å². The van der Waals surface area contributed by atoms with E-state index in [9.17, 15) is 8.78 Å². The third kappa shape index (κ3) is 2.56. The number of benzene rings is 1. The van der Waals surface area contributed by atoms with Crippen LogP contribution in [0.15, 0.2) is 48.7 Å². The molecule has 6 rings (SSSR count). The number of aryl methyl sites for hydroxylation is 1. The highest BCUT2D eigenvalue weighted by Gasteiger charge is 2.65. The van der Waals surface area contributed by atoms with Crippen LogP contribution in [-0.2, 0) is 5.41 Å². The van der Waals surface area contributed by atoms with Crippen molar-refractivity contribution >= 4 is 0 Å². The van der Waals surface area contributed by atoms with Crippen LogP contribution in [0.2, 0.25) is 0 Å². The average molecular weight is 444 g/mol. The zero-order chi connectivity index (χ0) is 23.0. The minimum absolute atomic E-state index is 0.127. The van der Waals surface area contributed by atoms with E-state index in [-0.39, 0.29) is 22.6 Å². The lowest BCUT2D eigenvalue weighted by molar-refractivity contribution is 0.243. The lowest BCUT2D eigenvalue weighted by Crippen LogP contribution is -2.37. The normalized spacial score (nSPS) is 22.5. The highest BCUT2D eigenvalue weighted by Crippen LogP contribution is 2.69. The van der Waals surface area contributed by atoms with E-state index in [0.717, 1.165) is 46.7 Å². The summed E-state index contributed by atoms with van der Waals surface area (Å²) < 4.78 is 28.9. The number of nitrogens with one attached hydrogen (secondary N) is 1. The second-order valence-electron chi connectivity index (χ2n) is 9.67. The molecule has 0 saturated heterocycles. The van der Waals surface area contributed by atoms with E-state index in [2.05, 4.69) is 40.3 Å². The molecule has 3 aromatic heterocycles. The molecule has 7 heteroatoms. The summed E-state index contributed by atoms with van der Waals surface area (Å²) in [6.07, 6.45) is 3.65. The second kappa shape index (κ2) is 6.76. The first-order valence-corrected chi connectivity index (χ1v) is 11.1. The first-order valence-electron chi connectivity index (χ1n) is 11.1. The summed E-state index contributed by atoms with van der Waals surface area (Å²) in [5, 5.41) is 16.0. The summed E-state index contributed by atoms with van der Waals surface area (Å²) >= 11 is 0. The summed E-state index contributed by atoms with van der Waals surface area (Å²) in [6, 6.07) is 11.8. The Bertz CT molecular complexity index is 1390. The summed E-state index contributed by atoms with van der Waals surface area (Å²) in [7, 11) is 0. The molecule has 2 aliphatic rings. The molecule has 2 atom stereocenters. The number of fused-ring (bicyclic) bond motifs is 5. The number of aromatic amines is 1. The first kappa shape index (κ1) is 20.1. The monoisotopic (exact) mass is 443 g/mol. The molecule has 1 aromatic carbocycles. The maximum atomic E-state index is 14.5. The van der Waals surface area contributed by atoms with Gasteiger partial charge < -0.3 is 0 Å². The molecule has 0 radical (unpaired) electrons. The predicted octanol–water partition coefficient (Wildman–Crippen LogP) is 5.72.